The minimum atomic E-state index is -2.90. The number of rotatable bonds is 6. The van der Waals surface area contributed by atoms with Crippen LogP contribution in [0.5, 0.6) is 11.5 Å². The molecule has 0 atom stereocenters. The molecule has 0 fully saturated rings. The van der Waals surface area contributed by atoms with Crippen LogP contribution in [0.3, 0.4) is 0 Å². The van der Waals surface area contributed by atoms with Gasteiger partial charge in [-0.15, -0.1) is 0 Å². The number of aryl methyl sites for hydroxylation is 2. The van der Waals surface area contributed by atoms with Gasteiger partial charge in [-0.25, -0.2) is 0 Å². The number of hydrogen-bond acceptors (Lipinski definition) is 3. The third-order valence-electron chi connectivity index (χ3n) is 3.68. The first-order chi connectivity index (χ1) is 12.3. The van der Waals surface area contributed by atoms with Gasteiger partial charge in [-0.05, 0) is 67.0 Å². The molecule has 0 aromatic heterocycles. The van der Waals surface area contributed by atoms with E-state index < -0.39 is 6.61 Å². The summed E-state index contributed by atoms with van der Waals surface area (Å²) in [6.45, 7) is 1.65. The summed E-state index contributed by atoms with van der Waals surface area (Å²) in [6, 6.07) is 11.0. The third-order valence-corrected chi connectivity index (χ3v) is 4.10. The van der Waals surface area contributed by atoms with Gasteiger partial charge in [-0.2, -0.15) is 8.78 Å². The minimum absolute atomic E-state index is 0.00448. The second kappa shape index (κ2) is 8.80. The number of nitrogens with zero attached hydrogens (tertiary/aromatic N) is 1. The van der Waals surface area contributed by atoms with Crippen molar-refractivity contribution in [3.05, 3.63) is 53.1 Å². The molecule has 1 N–H and O–H groups in total. The Kier molecular flexibility index (Phi) is 6.74. The summed E-state index contributed by atoms with van der Waals surface area (Å²) in [6.07, 6.45) is 0. The van der Waals surface area contributed by atoms with E-state index in [0.717, 1.165) is 22.4 Å². The second-order valence-corrected chi connectivity index (χ2v) is 6.41. The SMILES string of the molecule is COc1cc(CN(C)C(=S)Nc2cc(C)cc(C)c2)ccc1OC(F)F. The number of methoxy groups -OCH3 is 1. The van der Waals surface area contributed by atoms with Crippen LogP contribution in [0.15, 0.2) is 36.4 Å². The van der Waals surface area contributed by atoms with Crippen LogP contribution in [0, 0.1) is 13.8 Å². The maximum absolute atomic E-state index is 12.4. The van der Waals surface area contributed by atoms with Gasteiger partial charge in [0, 0.05) is 19.3 Å². The van der Waals surface area contributed by atoms with Gasteiger partial charge in [-0.3, -0.25) is 0 Å². The predicted molar refractivity (Wildman–Crippen MR) is 103 cm³/mol. The number of hydrogen-bond donors (Lipinski definition) is 1. The van der Waals surface area contributed by atoms with E-state index in [-0.39, 0.29) is 11.5 Å². The molecule has 0 aliphatic heterocycles. The van der Waals surface area contributed by atoms with Crippen molar-refractivity contribution < 1.29 is 18.3 Å². The van der Waals surface area contributed by atoms with Gasteiger partial charge < -0.3 is 19.7 Å². The van der Waals surface area contributed by atoms with E-state index >= 15 is 0 Å². The van der Waals surface area contributed by atoms with E-state index in [4.69, 9.17) is 17.0 Å². The molecule has 0 unspecified atom stereocenters. The standard InChI is InChI=1S/C19H22F2N2O2S/c1-12-7-13(2)9-15(8-12)22-19(26)23(3)11-14-5-6-16(25-18(20)21)17(10-14)24-4/h5-10,18H,11H2,1-4H3,(H,22,26). The highest BCUT2D eigenvalue weighted by atomic mass is 32.1. The smallest absolute Gasteiger partial charge is 0.387 e. The average Bonchev–Trinajstić information content (AvgIpc) is 2.54. The zero-order chi connectivity index (χ0) is 19.3. The second-order valence-electron chi connectivity index (χ2n) is 6.03. The summed E-state index contributed by atoms with van der Waals surface area (Å²) in [5.41, 5.74) is 4.09. The number of thiocarbonyl (C=S) groups is 1. The van der Waals surface area contributed by atoms with Gasteiger partial charge in [0.2, 0.25) is 0 Å². The van der Waals surface area contributed by atoms with Crippen molar-refractivity contribution in [2.45, 2.75) is 27.0 Å². The topological polar surface area (TPSA) is 33.7 Å². The van der Waals surface area contributed by atoms with Crippen LogP contribution in [-0.2, 0) is 6.54 Å². The monoisotopic (exact) mass is 380 g/mol. The number of halogens is 2. The zero-order valence-electron chi connectivity index (χ0n) is 15.2. The zero-order valence-corrected chi connectivity index (χ0v) is 16.0. The van der Waals surface area contributed by atoms with Gasteiger partial charge in [0.15, 0.2) is 16.6 Å². The van der Waals surface area contributed by atoms with Gasteiger partial charge >= 0.3 is 6.61 Å². The Bertz CT molecular complexity index is 764. The van der Waals surface area contributed by atoms with Crippen LogP contribution in [0.4, 0.5) is 14.5 Å². The minimum Gasteiger partial charge on any atom is -0.493 e. The molecule has 0 aliphatic carbocycles. The number of anilines is 1. The maximum atomic E-state index is 12.4. The lowest BCUT2D eigenvalue weighted by Gasteiger charge is -2.22. The molecular weight excluding hydrogens is 358 g/mol. The fraction of sp³-hybridized carbons (Fsp3) is 0.316. The van der Waals surface area contributed by atoms with Crippen LogP contribution in [0.25, 0.3) is 0 Å². The molecule has 0 saturated heterocycles. The Balaban J connectivity index is 2.06. The molecule has 0 bridgehead atoms. The fourth-order valence-corrected chi connectivity index (χ4v) is 2.80. The summed E-state index contributed by atoms with van der Waals surface area (Å²) in [7, 11) is 3.27. The van der Waals surface area contributed by atoms with E-state index in [1.54, 1.807) is 12.1 Å². The number of benzene rings is 2. The summed E-state index contributed by atoms with van der Waals surface area (Å²) in [5, 5.41) is 3.77. The third kappa shape index (κ3) is 5.56. The van der Waals surface area contributed by atoms with Crippen molar-refractivity contribution in [2.24, 2.45) is 0 Å². The molecule has 0 spiro atoms. The fourth-order valence-electron chi connectivity index (χ4n) is 2.62. The molecular formula is C19H22F2N2O2S. The van der Waals surface area contributed by atoms with Crippen LogP contribution in [0.1, 0.15) is 16.7 Å². The predicted octanol–water partition coefficient (Wildman–Crippen LogP) is 4.74. The summed E-state index contributed by atoms with van der Waals surface area (Å²) in [5.74, 6) is 0.259. The number of alkyl halides is 2. The van der Waals surface area contributed by atoms with E-state index in [0.29, 0.717) is 11.7 Å². The Morgan fingerprint density at radius 1 is 1.12 bits per heavy atom. The van der Waals surface area contributed by atoms with Crippen molar-refractivity contribution in [3.63, 3.8) is 0 Å². The van der Waals surface area contributed by atoms with E-state index in [2.05, 4.69) is 16.1 Å². The van der Waals surface area contributed by atoms with Crippen molar-refractivity contribution in [1.82, 2.24) is 4.90 Å². The Morgan fingerprint density at radius 3 is 2.35 bits per heavy atom. The van der Waals surface area contributed by atoms with Crippen LogP contribution < -0.4 is 14.8 Å². The molecule has 140 valence electrons. The quantitative estimate of drug-likeness (QED) is 0.732. The van der Waals surface area contributed by atoms with E-state index in [9.17, 15) is 8.78 Å². The number of nitrogens with one attached hydrogen (secondary N) is 1. The summed E-state index contributed by atoms with van der Waals surface area (Å²) in [4.78, 5) is 1.86. The molecule has 0 amide bonds. The van der Waals surface area contributed by atoms with Gasteiger partial charge in [0.05, 0.1) is 7.11 Å². The molecule has 0 aliphatic rings. The maximum Gasteiger partial charge on any atom is 0.387 e. The lowest BCUT2D eigenvalue weighted by molar-refractivity contribution is -0.0512. The van der Waals surface area contributed by atoms with Crippen molar-refractivity contribution in [1.29, 1.82) is 0 Å². The molecule has 2 aromatic rings. The first kappa shape index (κ1) is 19.9. The Morgan fingerprint density at radius 2 is 1.77 bits per heavy atom. The van der Waals surface area contributed by atoms with Crippen molar-refractivity contribution >= 4 is 23.0 Å². The van der Waals surface area contributed by atoms with Crippen LogP contribution in [0.2, 0.25) is 0 Å². The normalized spacial score (nSPS) is 10.6. The highest BCUT2D eigenvalue weighted by molar-refractivity contribution is 7.80. The molecule has 2 rings (SSSR count). The molecule has 7 heteroatoms. The first-order valence-electron chi connectivity index (χ1n) is 8.00. The van der Waals surface area contributed by atoms with E-state index in [1.165, 1.54) is 13.2 Å². The van der Waals surface area contributed by atoms with Gasteiger partial charge in [-0.1, -0.05) is 12.1 Å². The highest BCUT2D eigenvalue weighted by Gasteiger charge is 2.13. The van der Waals surface area contributed by atoms with E-state index in [1.807, 2.05) is 37.9 Å². The Labute approximate surface area is 157 Å². The lowest BCUT2D eigenvalue weighted by Crippen LogP contribution is -2.30. The molecule has 4 nitrogen and oxygen atoms in total. The average molecular weight is 380 g/mol. The summed E-state index contributed by atoms with van der Waals surface area (Å²) >= 11 is 5.45. The van der Waals surface area contributed by atoms with Crippen LogP contribution in [-0.4, -0.2) is 30.8 Å². The highest BCUT2D eigenvalue weighted by Crippen LogP contribution is 2.29. The summed E-state index contributed by atoms with van der Waals surface area (Å²) < 4.78 is 34.4. The van der Waals surface area contributed by atoms with Crippen molar-refractivity contribution in [3.8, 4) is 11.5 Å². The van der Waals surface area contributed by atoms with Crippen LogP contribution >= 0.6 is 12.2 Å². The Hall–Kier alpha value is -2.41. The van der Waals surface area contributed by atoms with Gasteiger partial charge in [0.25, 0.3) is 0 Å². The lowest BCUT2D eigenvalue weighted by atomic mass is 10.1. The molecule has 0 radical (unpaired) electrons. The molecule has 0 heterocycles. The molecule has 26 heavy (non-hydrogen) atoms. The largest absolute Gasteiger partial charge is 0.493 e. The van der Waals surface area contributed by atoms with Gasteiger partial charge in [0.1, 0.15) is 0 Å². The number of ether oxygens (including phenoxy) is 2. The first-order valence-corrected chi connectivity index (χ1v) is 8.41. The van der Waals surface area contributed by atoms with Crippen molar-refractivity contribution in [2.75, 3.05) is 19.5 Å². The molecule has 2 aromatic carbocycles. The molecule has 0 saturated carbocycles.